The molecule has 0 radical (unpaired) electrons. The lowest BCUT2D eigenvalue weighted by molar-refractivity contribution is 0.558. The van der Waals surface area contributed by atoms with Gasteiger partial charge in [-0.25, -0.2) is 4.98 Å². The molecule has 1 atom stereocenters. The molecular formula is C11H17N5. The van der Waals surface area contributed by atoms with Crippen LogP contribution in [0, 0.1) is 6.92 Å². The molecule has 0 saturated carbocycles. The van der Waals surface area contributed by atoms with Gasteiger partial charge in [0.25, 0.3) is 0 Å². The SMILES string of the molecule is Cc1c(C(C)NCc2ncc[nH]2)cnn1C. The molecule has 2 rings (SSSR count). The van der Waals surface area contributed by atoms with E-state index in [0.29, 0.717) is 0 Å². The van der Waals surface area contributed by atoms with Gasteiger partial charge in [0.1, 0.15) is 5.82 Å². The summed E-state index contributed by atoms with van der Waals surface area (Å²) in [6, 6.07) is 0.277. The fraction of sp³-hybridized carbons (Fsp3) is 0.455. The Kier molecular flexibility index (Phi) is 3.05. The van der Waals surface area contributed by atoms with Crippen LogP contribution >= 0.6 is 0 Å². The predicted molar refractivity (Wildman–Crippen MR) is 61.8 cm³/mol. The molecule has 2 aromatic heterocycles. The summed E-state index contributed by atoms with van der Waals surface area (Å²) < 4.78 is 1.89. The van der Waals surface area contributed by atoms with E-state index in [1.807, 2.05) is 24.1 Å². The number of aryl methyl sites for hydroxylation is 1. The number of imidazole rings is 1. The van der Waals surface area contributed by atoms with Crippen molar-refractivity contribution in [1.82, 2.24) is 25.1 Å². The molecule has 0 saturated heterocycles. The Labute approximate surface area is 94.9 Å². The van der Waals surface area contributed by atoms with Crippen LogP contribution in [0.25, 0.3) is 0 Å². The van der Waals surface area contributed by atoms with E-state index in [1.54, 1.807) is 6.20 Å². The third-order valence-corrected chi connectivity index (χ3v) is 2.87. The Morgan fingerprint density at radius 2 is 2.38 bits per heavy atom. The summed E-state index contributed by atoms with van der Waals surface area (Å²) in [6.45, 7) is 4.95. The third kappa shape index (κ3) is 2.14. The smallest absolute Gasteiger partial charge is 0.120 e. The van der Waals surface area contributed by atoms with Crippen molar-refractivity contribution in [3.8, 4) is 0 Å². The van der Waals surface area contributed by atoms with Crippen molar-refractivity contribution >= 4 is 0 Å². The molecular weight excluding hydrogens is 202 g/mol. The van der Waals surface area contributed by atoms with Crippen molar-refractivity contribution in [2.45, 2.75) is 26.4 Å². The van der Waals surface area contributed by atoms with Crippen molar-refractivity contribution in [3.63, 3.8) is 0 Å². The van der Waals surface area contributed by atoms with E-state index in [4.69, 9.17) is 0 Å². The molecule has 0 fully saturated rings. The zero-order valence-electron chi connectivity index (χ0n) is 9.86. The van der Waals surface area contributed by atoms with E-state index >= 15 is 0 Å². The van der Waals surface area contributed by atoms with E-state index in [0.717, 1.165) is 12.4 Å². The second kappa shape index (κ2) is 4.49. The van der Waals surface area contributed by atoms with Gasteiger partial charge in [-0.05, 0) is 13.8 Å². The molecule has 1 unspecified atom stereocenters. The summed E-state index contributed by atoms with van der Waals surface area (Å²) in [4.78, 5) is 7.24. The van der Waals surface area contributed by atoms with Crippen LogP contribution < -0.4 is 5.32 Å². The number of nitrogens with one attached hydrogen (secondary N) is 2. The molecule has 86 valence electrons. The number of hydrogen-bond donors (Lipinski definition) is 2. The van der Waals surface area contributed by atoms with Crippen molar-refractivity contribution in [1.29, 1.82) is 0 Å². The van der Waals surface area contributed by atoms with E-state index in [2.05, 4.69) is 34.2 Å². The quantitative estimate of drug-likeness (QED) is 0.815. The Morgan fingerprint density at radius 1 is 1.56 bits per heavy atom. The Bertz CT molecular complexity index is 443. The molecule has 0 aliphatic heterocycles. The van der Waals surface area contributed by atoms with Gasteiger partial charge in [-0.15, -0.1) is 0 Å². The van der Waals surface area contributed by atoms with Gasteiger partial charge in [-0.3, -0.25) is 4.68 Å². The van der Waals surface area contributed by atoms with Crippen molar-refractivity contribution in [3.05, 3.63) is 35.7 Å². The minimum absolute atomic E-state index is 0.277. The van der Waals surface area contributed by atoms with Gasteiger partial charge >= 0.3 is 0 Å². The number of rotatable bonds is 4. The summed E-state index contributed by atoms with van der Waals surface area (Å²) in [7, 11) is 1.96. The maximum Gasteiger partial charge on any atom is 0.120 e. The van der Waals surface area contributed by atoms with Crippen LogP contribution in [-0.2, 0) is 13.6 Å². The first kappa shape index (κ1) is 10.9. The fourth-order valence-corrected chi connectivity index (χ4v) is 1.70. The summed E-state index contributed by atoms with van der Waals surface area (Å²) >= 11 is 0. The maximum absolute atomic E-state index is 4.24. The lowest BCUT2D eigenvalue weighted by Gasteiger charge is -2.12. The minimum atomic E-state index is 0.277. The van der Waals surface area contributed by atoms with Crippen LogP contribution in [0.3, 0.4) is 0 Å². The molecule has 5 nitrogen and oxygen atoms in total. The average molecular weight is 219 g/mol. The molecule has 0 amide bonds. The molecule has 0 aromatic carbocycles. The lowest BCUT2D eigenvalue weighted by Crippen LogP contribution is -2.19. The van der Waals surface area contributed by atoms with Crippen molar-refractivity contribution in [2.75, 3.05) is 0 Å². The van der Waals surface area contributed by atoms with Crippen molar-refractivity contribution < 1.29 is 0 Å². The molecule has 2 N–H and O–H groups in total. The second-order valence-electron chi connectivity index (χ2n) is 3.95. The predicted octanol–water partition coefficient (Wildman–Crippen LogP) is 1.30. The first-order valence-corrected chi connectivity index (χ1v) is 5.38. The lowest BCUT2D eigenvalue weighted by atomic mass is 10.1. The largest absolute Gasteiger partial charge is 0.348 e. The zero-order chi connectivity index (χ0) is 11.5. The van der Waals surface area contributed by atoms with E-state index < -0.39 is 0 Å². The minimum Gasteiger partial charge on any atom is -0.348 e. The van der Waals surface area contributed by atoms with Gasteiger partial charge in [-0.2, -0.15) is 5.10 Å². The highest BCUT2D eigenvalue weighted by Gasteiger charge is 2.11. The first-order chi connectivity index (χ1) is 7.68. The Hall–Kier alpha value is -1.62. The monoisotopic (exact) mass is 219 g/mol. The summed E-state index contributed by atoms with van der Waals surface area (Å²) in [5.74, 6) is 0.952. The first-order valence-electron chi connectivity index (χ1n) is 5.38. The normalized spacial score (nSPS) is 12.9. The molecule has 2 aromatic rings. The molecule has 0 aliphatic carbocycles. The van der Waals surface area contributed by atoms with Gasteiger partial charge in [0, 0.05) is 36.7 Å². The van der Waals surface area contributed by atoms with E-state index in [1.165, 1.54) is 11.3 Å². The number of H-pyrrole nitrogens is 1. The second-order valence-corrected chi connectivity index (χ2v) is 3.95. The molecule has 0 aliphatic rings. The fourth-order valence-electron chi connectivity index (χ4n) is 1.70. The topological polar surface area (TPSA) is 58.5 Å². The summed E-state index contributed by atoms with van der Waals surface area (Å²) in [6.07, 6.45) is 5.50. The summed E-state index contributed by atoms with van der Waals surface area (Å²) in [5, 5.41) is 7.64. The van der Waals surface area contributed by atoms with Gasteiger partial charge in [-0.1, -0.05) is 0 Å². The van der Waals surface area contributed by atoms with Crippen LogP contribution in [-0.4, -0.2) is 19.7 Å². The van der Waals surface area contributed by atoms with Gasteiger partial charge in [0.2, 0.25) is 0 Å². The number of nitrogens with zero attached hydrogens (tertiary/aromatic N) is 3. The van der Waals surface area contributed by atoms with Crippen LogP contribution in [0.4, 0.5) is 0 Å². The van der Waals surface area contributed by atoms with Crippen LogP contribution in [0.5, 0.6) is 0 Å². The van der Waals surface area contributed by atoms with Gasteiger partial charge < -0.3 is 10.3 Å². The molecule has 16 heavy (non-hydrogen) atoms. The average Bonchev–Trinajstić information content (AvgIpc) is 2.88. The third-order valence-electron chi connectivity index (χ3n) is 2.87. The van der Waals surface area contributed by atoms with Gasteiger partial charge in [0.15, 0.2) is 0 Å². The van der Waals surface area contributed by atoms with Crippen molar-refractivity contribution in [2.24, 2.45) is 7.05 Å². The molecule has 0 bridgehead atoms. The maximum atomic E-state index is 4.24. The van der Waals surface area contributed by atoms with E-state index in [-0.39, 0.29) is 6.04 Å². The highest BCUT2D eigenvalue weighted by Crippen LogP contribution is 2.15. The van der Waals surface area contributed by atoms with Crippen LogP contribution in [0.2, 0.25) is 0 Å². The zero-order valence-corrected chi connectivity index (χ0v) is 9.86. The standard InChI is InChI=1S/C11H17N5/c1-8(10-6-15-16(3)9(10)2)14-7-11-12-4-5-13-11/h4-6,8,14H,7H2,1-3H3,(H,12,13). The summed E-state index contributed by atoms with van der Waals surface area (Å²) in [5.41, 5.74) is 2.42. The highest BCUT2D eigenvalue weighted by molar-refractivity contribution is 5.19. The highest BCUT2D eigenvalue weighted by atomic mass is 15.3. The molecule has 2 heterocycles. The van der Waals surface area contributed by atoms with Gasteiger partial charge in [0.05, 0.1) is 12.7 Å². The van der Waals surface area contributed by atoms with Crippen LogP contribution in [0.15, 0.2) is 18.6 Å². The number of hydrogen-bond acceptors (Lipinski definition) is 3. The molecule has 0 spiro atoms. The Balaban J connectivity index is 1.98. The Morgan fingerprint density at radius 3 is 2.94 bits per heavy atom. The van der Waals surface area contributed by atoms with E-state index in [9.17, 15) is 0 Å². The number of aromatic nitrogens is 4. The number of aromatic amines is 1. The molecule has 5 heteroatoms. The van der Waals surface area contributed by atoms with Crippen LogP contribution in [0.1, 0.15) is 30.0 Å².